The highest BCUT2D eigenvalue weighted by Gasteiger charge is 2.21. The Morgan fingerprint density at radius 1 is 0.692 bits per heavy atom. The number of hydrogen-bond acceptors (Lipinski definition) is 2. The van der Waals surface area contributed by atoms with Crippen LogP contribution in [0.4, 0.5) is 0 Å². The summed E-state index contributed by atoms with van der Waals surface area (Å²) in [5.74, 6) is 0.334. The smallest absolute Gasteiger partial charge is 0.227 e. The summed E-state index contributed by atoms with van der Waals surface area (Å²) in [6, 6.07) is 19.9. The maximum absolute atomic E-state index is 12.5. The van der Waals surface area contributed by atoms with Crippen LogP contribution in [0.5, 0.6) is 0 Å². The van der Waals surface area contributed by atoms with Gasteiger partial charge in [0, 0.05) is 32.6 Å². The largest absolute Gasteiger partial charge is 0.341 e. The topological polar surface area (TPSA) is 40.6 Å². The molecule has 4 heteroatoms. The molecule has 26 heavy (non-hydrogen) atoms. The maximum atomic E-state index is 12.5. The van der Waals surface area contributed by atoms with E-state index in [1.807, 2.05) is 58.3 Å². The molecule has 0 saturated carbocycles. The van der Waals surface area contributed by atoms with Gasteiger partial charge in [-0.1, -0.05) is 60.7 Å². The molecule has 1 saturated heterocycles. The molecule has 0 radical (unpaired) electrons. The van der Waals surface area contributed by atoms with Crippen LogP contribution in [-0.2, 0) is 22.4 Å². The van der Waals surface area contributed by atoms with Crippen LogP contribution in [0.3, 0.4) is 0 Å². The molecule has 0 aromatic heterocycles. The van der Waals surface area contributed by atoms with E-state index < -0.39 is 0 Å². The van der Waals surface area contributed by atoms with Crippen molar-refractivity contribution in [3.63, 3.8) is 0 Å². The number of carbonyl (C=O) groups is 2. The van der Waals surface area contributed by atoms with E-state index in [1.54, 1.807) is 0 Å². The van der Waals surface area contributed by atoms with E-state index in [-0.39, 0.29) is 11.8 Å². The first-order chi connectivity index (χ1) is 12.7. The molecule has 2 amide bonds. The fraction of sp³-hybridized carbons (Fsp3) is 0.364. The van der Waals surface area contributed by atoms with Gasteiger partial charge in [-0.3, -0.25) is 9.59 Å². The van der Waals surface area contributed by atoms with Crippen LogP contribution < -0.4 is 0 Å². The summed E-state index contributed by atoms with van der Waals surface area (Å²) < 4.78 is 0. The summed E-state index contributed by atoms with van der Waals surface area (Å²) in [7, 11) is 0. The Kier molecular flexibility index (Phi) is 6.42. The average Bonchev–Trinajstić information content (AvgIpc) is 2.94. The number of rotatable bonds is 5. The molecule has 0 spiro atoms. The molecule has 136 valence electrons. The maximum Gasteiger partial charge on any atom is 0.227 e. The molecule has 0 N–H and O–H groups in total. The van der Waals surface area contributed by atoms with Crippen LogP contribution in [0, 0.1) is 0 Å². The highest BCUT2D eigenvalue weighted by Crippen LogP contribution is 2.10. The minimum absolute atomic E-state index is 0.148. The van der Waals surface area contributed by atoms with Crippen molar-refractivity contribution in [3.05, 3.63) is 71.8 Å². The van der Waals surface area contributed by atoms with Crippen molar-refractivity contribution in [1.29, 1.82) is 0 Å². The molecule has 0 bridgehead atoms. The Morgan fingerprint density at radius 2 is 1.23 bits per heavy atom. The third-order valence-corrected chi connectivity index (χ3v) is 4.87. The lowest BCUT2D eigenvalue weighted by Gasteiger charge is -2.22. The number of amides is 2. The molecule has 1 fully saturated rings. The fourth-order valence-corrected chi connectivity index (χ4v) is 3.35. The van der Waals surface area contributed by atoms with Crippen molar-refractivity contribution in [2.75, 3.05) is 26.2 Å². The second-order valence-electron chi connectivity index (χ2n) is 6.76. The summed E-state index contributed by atoms with van der Waals surface area (Å²) in [6.07, 6.45) is 2.58. The standard InChI is InChI=1S/C22H26N2O2/c25-21(13-12-19-8-3-1-4-9-19)23-14-7-15-24(17-16-23)22(26)18-20-10-5-2-6-11-20/h1-6,8-11H,7,12-18H2. The third kappa shape index (κ3) is 5.19. The van der Waals surface area contributed by atoms with Gasteiger partial charge in [-0.05, 0) is 24.0 Å². The second-order valence-corrected chi connectivity index (χ2v) is 6.76. The van der Waals surface area contributed by atoms with Gasteiger partial charge in [-0.25, -0.2) is 0 Å². The lowest BCUT2D eigenvalue weighted by molar-refractivity contribution is -0.133. The first-order valence-corrected chi connectivity index (χ1v) is 9.36. The molecule has 3 rings (SSSR count). The molecule has 0 aliphatic carbocycles. The predicted octanol–water partition coefficient (Wildman–Crippen LogP) is 2.92. The molecule has 1 heterocycles. The van der Waals surface area contributed by atoms with Crippen molar-refractivity contribution in [2.45, 2.75) is 25.7 Å². The highest BCUT2D eigenvalue weighted by molar-refractivity contribution is 5.79. The Labute approximate surface area is 155 Å². The monoisotopic (exact) mass is 350 g/mol. The fourth-order valence-electron chi connectivity index (χ4n) is 3.35. The number of carbonyl (C=O) groups excluding carboxylic acids is 2. The number of nitrogens with zero attached hydrogens (tertiary/aromatic N) is 2. The summed E-state index contributed by atoms with van der Waals surface area (Å²) >= 11 is 0. The SMILES string of the molecule is O=C(CCc1ccccc1)N1CCCN(C(=O)Cc2ccccc2)CC1. The summed E-state index contributed by atoms with van der Waals surface area (Å²) in [5, 5.41) is 0. The lowest BCUT2D eigenvalue weighted by atomic mass is 10.1. The van der Waals surface area contributed by atoms with Crippen molar-refractivity contribution in [3.8, 4) is 0 Å². The van der Waals surface area contributed by atoms with E-state index in [1.165, 1.54) is 5.56 Å². The van der Waals surface area contributed by atoms with Gasteiger partial charge in [-0.15, -0.1) is 0 Å². The van der Waals surface area contributed by atoms with Gasteiger partial charge in [0.2, 0.25) is 11.8 Å². The van der Waals surface area contributed by atoms with Crippen LogP contribution in [0.2, 0.25) is 0 Å². The summed E-state index contributed by atoms with van der Waals surface area (Å²) in [6.45, 7) is 2.73. The van der Waals surface area contributed by atoms with E-state index in [2.05, 4.69) is 12.1 Å². The molecular weight excluding hydrogens is 324 g/mol. The molecule has 4 nitrogen and oxygen atoms in total. The molecule has 1 aliphatic rings. The minimum Gasteiger partial charge on any atom is -0.341 e. The van der Waals surface area contributed by atoms with Gasteiger partial charge in [0.05, 0.1) is 6.42 Å². The zero-order valence-corrected chi connectivity index (χ0v) is 15.1. The second kappa shape index (κ2) is 9.18. The van der Waals surface area contributed by atoms with Crippen LogP contribution in [-0.4, -0.2) is 47.8 Å². The Morgan fingerprint density at radius 3 is 1.85 bits per heavy atom. The van der Waals surface area contributed by atoms with E-state index in [0.29, 0.717) is 25.9 Å². The quantitative estimate of drug-likeness (QED) is 0.832. The zero-order valence-electron chi connectivity index (χ0n) is 15.1. The first kappa shape index (κ1) is 18.2. The number of hydrogen-bond donors (Lipinski definition) is 0. The molecular formula is C22H26N2O2. The van der Waals surface area contributed by atoms with E-state index in [9.17, 15) is 9.59 Å². The predicted molar refractivity (Wildman–Crippen MR) is 103 cm³/mol. The van der Waals surface area contributed by atoms with E-state index >= 15 is 0 Å². The average molecular weight is 350 g/mol. The Bertz CT molecular complexity index is 715. The Balaban J connectivity index is 1.48. The molecule has 2 aromatic rings. The van der Waals surface area contributed by atoms with Gasteiger partial charge in [0.25, 0.3) is 0 Å². The van der Waals surface area contributed by atoms with Crippen molar-refractivity contribution < 1.29 is 9.59 Å². The van der Waals surface area contributed by atoms with Crippen LogP contribution in [0.15, 0.2) is 60.7 Å². The van der Waals surface area contributed by atoms with Gasteiger partial charge in [0.1, 0.15) is 0 Å². The third-order valence-electron chi connectivity index (χ3n) is 4.87. The van der Waals surface area contributed by atoms with Crippen LogP contribution in [0.25, 0.3) is 0 Å². The Hall–Kier alpha value is -2.62. The number of benzene rings is 2. The van der Waals surface area contributed by atoms with E-state index in [0.717, 1.165) is 31.5 Å². The van der Waals surface area contributed by atoms with Crippen molar-refractivity contribution in [2.24, 2.45) is 0 Å². The van der Waals surface area contributed by atoms with E-state index in [4.69, 9.17) is 0 Å². The molecule has 1 aliphatic heterocycles. The van der Waals surface area contributed by atoms with Crippen molar-refractivity contribution in [1.82, 2.24) is 9.80 Å². The highest BCUT2D eigenvalue weighted by atomic mass is 16.2. The summed E-state index contributed by atoms with van der Waals surface area (Å²) in [4.78, 5) is 28.9. The minimum atomic E-state index is 0.148. The normalized spacial score (nSPS) is 14.8. The molecule has 0 unspecified atom stereocenters. The van der Waals surface area contributed by atoms with Gasteiger partial charge in [-0.2, -0.15) is 0 Å². The first-order valence-electron chi connectivity index (χ1n) is 9.36. The molecule has 0 atom stereocenters. The zero-order chi connectivity index (χ0) is 18.2. The van der Waals surface area contributed by atoms with Gasteiger partial charge < -0.3 is 9.80 Å². The van der Waals surface area contributed by atoms with Crippen LogP contribution >= 0.6 is 0 Å². The van der Waals surface area contributed by atoms with Crippen LogP contribution in [0.1, 0.15) is 24.0 Å². The summed E-state index contributed by atoms with van der Waals surface area (Å²) in [5.41, 5.74) is 2.23. The van der Waals surface area contributed by atoms with Crippen molar-refractivity contribution >= 4 is 11.8 Å². The van der Waals surface area contributed by atoms with Gasteiger partial charge in [0.15, 0.2) is 0 Å². The molecule has 2 aromatic carbocycles. The van der Waals surface area contributed by atoms with Gasteiger partial charge >= 0.3 is 0 Å². The number of aryl methyl sites for hydroxylation is 1. The lowest BCUT2D eigenvalue weighted by Crippen LogP contribution is -2.38.